The van der Waals surface area contributed by atoms with E-state index in [1.807, 2.05) is 13.0 Å². The number of nitrogens with zero attached hydrogens (tertiary/aromatic N) is 1. The second-order valence-electron chi connectivity index (χ2n) is 3.63. The topological polar surface area (TPSA) is 52.9 Å². The van der Waals surface area contributed by atoms with Crippen LogP contribution >= 0.6 is 0 Å². The molecule has 1 aromatic rings. The zero-order valence-electron chi connectivity index (χ0n) is 9.27. The van der Waals surface area contributed by atoms with Crippen LogP contribution in [0.4, 0.5) is 0 Å². The molecule has 0 saturated carbocycles. The predicted molar refractivity (Wildman–Crippen MR) is 57.4 cm³/mol. The van der Waals surface area contributed by atoms with Gasteiger partial charge in [-0.15, -0.1) is 0 Å². The van der Waals surface area contributed by atoms with Crippen molar-refractivity contribution in [2.75, 3.05) is 14.2 Å². The van der Waals surface area contributed by atoms with Crippen LogP contribution in [0.15, 0.2) is 18.2 Å². The Bertz CT molecular complexity index is 326. The molecule has 0 fully saturated rings. The standard InChI is InChI=1S/C11H17NO3/c1-8(12(2)14)6-9-4-5-10(13)11(7-9)15-3/h4-5,7-8,13-14H,6H2,1-3H3. The summed E-state index contributed by atoms with van der Waals surface area (Å²) in [5.41, 5.74) is 1.01. The van der Waals surface area contributed by atoms with Crippen LogP contribution in [0.3, 0.4) is 0 Å². The third-order valence-corrected chi connectivity index (χ3v) is 2.41. The summed E-state index contributed by atoms with van der Waals surface area (Å²) < 4.78 is 5.00. The van der Waals surface area contributed by atoms with E-state index in [0.29, 0.717) is 12.2 Å². The van der Waals surface area contributed by atoms with Crippen molar-refractivity contribution in [3.63, 3.8) is 0 Å². The van der Waals surface area contributed by atoms with Gasteiger partial charge in [0.2, 0.25) is 0 Å². The maximum atomic E-state index is 9.39. The van der Waals surface area contributed by atoms with Gasteiger partial charge in [0.15, 0.2) is 11.5 Å². The smallest absolute Gasteiger partial charge is 0.160 e. The molecule has 1 aromatic carbocycles. The molecule has 1 rings (SSSR count). The van der Waals surface area contributed by atoms with Crippen LogP contribution in [0.25, 0.3) is 0 Å². The van der Waals surface area contributed by atoms with E-state index >= 15 is 0 Å². The molecule has 0 amide bonds. The van der Waals surface area contributed by atoms with Crippen molar-refractivity contribution in [3.05, 3.63) is 23.8 Å². The molecule has 0 radical (unpaired) electrons. The van der Waals surface area contributed by atoms with Gasteiger partial charge in [0.1, 0.15) is 0 Å². The summed E-state index contributed by atoms with van der Waals surface area (Å²) in [6.45, 7) is 1.92. The second kappa shape index (κ2) is 5.00. The minimum absolute atomic E-state index is 0.0271. The van der Waals surface area contributed by atoms with Crippen molar-refractivity contribution in [1.82, 2.24) is 5.06 Å². The molecular formula is C11H17NO3. The van der Waals surface area contributed by atoms with Crippen molar-refractivity contribution >= 4 is 0 Å². The predicted octanol–water partition coefficient (Wildman–Crippen LogP) is 1.65. The van der Waals surface area contributed by atoms with Gasteiger partial charge in [-0.2, -0.15) is 5.06 Å². The van der Waals surface area contributed by atoms with E-state index in [4.69, 9.17) is 4.74 Å². The van der Waals surface area contributed by atoms with E-state index in [2.05, 4.69) is 0 Å². The highest BCUT2D eigenvalue weighted by Gasteiger charge is 2.09. The monoisotopic (exact) mass is 211 g/mol. The van der Waals surface area contributed by atoms with Crippen molar-refractivity contribution in [2.24, 2.45) is 0 Å². The summed E-state index contributed by atoms with van der Waals surface area (Å²) in [5.74, 6) is 0.589. The minimum atomic E-state index is 0.0271. The Hall–Kier alpha value is -1.26. The number of ether oxygens (including phenoxy) is 1. The Morgan fingerprint density at radius 1 is 1.47 bits per heavy atom. The second-order valence-corrected chi connectivity index (χ2v) is 3.63. The Morgan fingerprint density at radius 2 is 2.13 bits per heavy atom. The van der Waals surface area contributed by atoms with Crippen molar-refractivity contribution < 1.29 is 15.1 Å². The van der Waals surface area contributed by atoms with E-state index in [9.17, 15) is 10.3 Å². The van der Waals surface area contributed by atoms with Crippen LogP contribution in [-0.2, 0) is 6.42 Å². The van der Waals surface area contributed by atoms with Gasteiger partial charge in [-0.3, -0.25) is 0 Å². The Labute approximate surface area is 89.7 Å². The lowest BCUT2D eigenvalue weighted by molar-refractivity contribution is -0.0963. The summed E-state index contributed by atoms with van der Waals surface area (Å²) in [6, 6.07) is 5.21. The Kier molecular flexibility index (Phi) is 3.94. The maximum absolute atomic E-state index is 9.39. The van der Waals surface area contributed by atoms with Gasteiger partial charge in [-0.05, 0) is 31.0 Å². The summed E-state index contributed by atoms with van der Waals surface area (Å²) in [6.07, 6.45) is 0.698. The molecule has 2 N–H and O–H groups in total. The lowest BCUT2D eigenvalue weighted by Gasteiger charge is -2.18. The average Bonchev–Trinajstić information content (AvgIpc) is 2.20. The van der Waals surface area contributed by atoms with E-state index in [-0.39, 0.29) is 11.8 Å². The molecule has 0 saturated heterocycles. The lowest BCUT2D eigenvalue weighted by Crippen LogP contribution is -2.27. The van der Waals surface area contributed by atoms with E-state index < -0.39 is 0 Å². The Balaban J connectivity index is 2.78. The fraction of sp³-hybridized carbons (Fsp3) is 0.455. The number of hydrogen-bond donors (Lipinski definition) is 2. The molecule has 4 heteroatoms. The first kappa shape index (κ1) is 11.8. The highest BCUT2D eigenvalue weighted by molar-refractivity contribution is 5.41. The average molecular weight is 211 g/mol. The summed E-state index contributed by atoms with van der Waals surface area (Å²) in [4.78, 5) is 0. The molecular weight excluding hydrogens is 194 g/mol. The molecule has 0 spiro atoms. The number of phenols is 1. The van der Waals surface area contributed by atoms with E-state index in [1.54, 1.807) is 19.2 Å². The van der Waals surface area contributed by atoms with Crippen molar-refractivity contribution in [1.29, 1.82) is 0 Å². The molecule has 4 nitrogen and oxygen atoms in total. The third kappa shape index (κ3) is 3.11. The highest BCUT2D eigenvalue weighted by atomic mass is 16.5. The number of phenolic OH excluding ortho intramolecular Hbond substituents is 1. The van der Waals surface area contributed by atoms with Crippen LogP contribution in [0.1, 0.15) is 12.5 Å². The number of aromatic hydroxyl groups is 1. The number of methoxy groups -OCH3 is 1. The van der Waals surface area contributed by atoms with Gasteiger partial charge >= 0.3 is 0 Å². The molecule has 0 aliphatic heterocycles. The number of likely N-dealkylation sites (N-methyl/N-ethyl adjacent to an activating group) is 1. The first-order valence-corrected chi connectivity index (χ1v) is 4.82. The molecule has 0 aliphatic rings. The van der Waals surface area contributed by atoms with Gasteiger partial charge < -0.3 is 15.1 Å². The van der Waals surface area contributed by atoms with Crippen LogP contribution in [0.2, 0.25) is 0 Å². The van der Waals surface area contributed by atoms with Crippen molar-refractivity contribution in [3.8, 4) is 11.5 Å². The van der Waals surface area contributed by atoms with Gasteiger partial charge in [0.05, 0.1) is 7.11 Å². The first-order chi connectivity index (χ1) is 7.04. The molecule has 84 valence electrons. The minimum Gasteiger partial charge on any atom is -0.504 e. The summed E-state index contributed by atoms with van der Waals surface area (Å²) in [7, 11) is 3.13. The number of hydroxylamine groups is 2. The molecule has 0 aromatic heterocycles. The van der Waals surface area contributed by atoms with Crippen LogP contribution in [-0.4, -0.2) is 35.6 Å². The molecule has 0 aliphatic carbocycles. The molecule has 0 heterocycles. The largest absolute Gasteiger partial charge is 0.504 e. The number of benzene rings is 1. The van der Waals surface area contributed by atoms with Gasteiger partial charge in [-0.25, -0.2) is 0 Å². The number of hydrogen-bond acceptors (Lipinski definition) is 4. The normalized spacial score (nSPS) is 12.9. The van der Waals surface area contributed by atoms with Gasteiger partial charge in [0, 0.05) is 13.1 Å². The highest BCUT2D eigenvalue weighted by Crippen LogP contribution is 2.26. The lowest BCUT2D eigenvalue weighted by atomic mass is 10.1. The van der Waals surface area contributed by atoms with E-state index in [1.165, 1.54) is 12.2 Å². The van der Waals surface area contributed by atoms with Crippen LogP contribution < -0.4 is 4.74 Å². The number of rotatable bonds is 4. The van der Waals surface area contributed by atoms with Crippen molar-refractivity contribution in [2.45, 2.75) is 19.4 Å². The molecule has 1 atom stereocenters. The molecule has 0 bridgehead atoms. The third-order valence-electron chi connectivity index (χ3n) is 2.41. The fourth-order valence-electron chi connectivity index (χ4n) is 1.32. The Morgan fingerprint density at radius 3 is 2.67 bits per heavy atom. The van der Waals surface area contributed by atoms with Crippen LogP contribution in [0, 0.1) is 0 Å². The summed E-state index contributed by atoms with van der Waals surface area (Å²) >= 11 is 0. The fourth-order valence-corrected chi connectivity index (χ4v) is 1.32. The van der Waals surface area contributed by atoms with E-state index in [0.717, 1.165) is 5.56 Å². The zero-order valence-corrected chi connectivity index (χ0v) is 9.27. The van der Waals surface area contributed by atoms with Gasteiger partial charge in [-0.1, -0.05) is 6.07 Å². The first-order valence-electron chi connectivity index (χ1n) is 4.82. The van der Waals surface area contributed by atoms with Crippen LogP contribution in [0.5, 0.6) is 11.5 Å². The summed E-state index contributed by atoms with van der Waals surface area (Å²) in [5, 5.41) is 19.8. The SMILES string of the molecule is COc1cc(CC(C)N(C)O)ccc1O. The quantitative estimate of drug-likeness (QED) is 0.743. The maximum Gasteiger partial charge on any atom is 0.160 e. The molecule has 15 heavy (non-hydrogen) atoms. The zero-order chi connectivity index (χ0) is 11.4. The van der Waals surface area contributed by atoms with Gasteiger partial charge in [0.25, 0.3) is 0 Å². The molecule has 1 unspecified atom stereocenters.